The SMILES string of the molecule is N[C@@](Cc1ccc(O)cc1)(C(=O)O)[N+](=O)[O-]. The zero-order valence-corrected chi connectivity index (χ0v) is 8.16. The maximum Gasteiger partial charge on any atom is 0.399 e. The quantitative estimate of drug-likeness (QED) is 0.375. The molecule has 0 saturated heterocycles. The highest BCUT2D eigenvalue weighted by Gasteiger charge is 2.47. The monoisotopic (exact) mass is 226 g/mol. The van der Waals surface area contributed by atoms with Crippen LogP contribution < -0.4 is 5.73 Å². The summed E-state index contributed by atoms with van der Waals surface area (Å²) in [4.78, 5) is 20.3. The van der Waals surface area contributed by atoms with Gasteiger partial charge >= 0.3 is 11.6 Å². The molecule has 0 spiro atoms. The van der Waals surface area contributed by atoms with Gasteiger partial charge in [-0.3, -0.25) is 15.8 Å². The second-order valence-corrected chi connectivity index (χ2v) is 3.33. The molecule has 16 heavy (non-hydrogen) atoms. The molecular formula is C9H10N2O5. The molecule has 1 rings (SSSR count). The number of nitrogens with zero attached hydrogens (tertiary/aromatic N) is 1. The van der Waals surface area contributed by atoms with E-state index in [2.05, 4.69) is 0 Å². The van der Waals surface area contributed by atoms with Crippen molar-refractivity contribution >= 4 is 5.97 Å². The van der Waals surface area contributed by atoms with Crippen molar-refractivity contribution in [2.75, 3.05) is 0 Å². The summed E-state index contributed by atoms with van der Waals surface area (Å²) in [6, 6.07) is 5.36. The van der Waals surface area contributed by atoms with Crippen molar-refractivity contribution in [3.63, 3.8) is 0 Å². The van der Waals surface area contributed by atoms with Gasteiger partial charge in [0.2, 0.25) is 0 Å². The lowest BCUT2D eigenvalue weighted by Gasteiger charge is -2.15. The number of phenols is 1. The minimum atomic E-state index is -2.54. The van der Waals surface area contributed by atoms with Gasteiger partial charge in [-0.05, 0) is 17.7 Å². The predicted molar refractivity (Wildman–Crippen MR) is 53.4 cm³/mol. The lowest BCUT2D eigenvalue weighted by atomic mass is 10.0. The van der Waals surface area contributed by atoms with Crippen LogP contribution in [-0.4, -0.2) is 26.8 Å². The van der Waals surface area contributed by atoms with Crippen LogP contribution in [0.2, 0.25) is 0 Å². The molecule has 0 bridgehead atoms. The first-order valence-corrected chi connectivity index (χ1v) is 4.31. The maximum absolute atomic E-state index is 10.7. The number of carbonyl (C=O) groups is 1. The van der Waals surface area contributed by atoms with Crippen LogP contribution in [0.25, 0.3) is 0 Å². The Morgan fingerprint density at radius 2 is 1.94 bits per heavy atom. The van der Waals surface area contributed by atoms with Crippen molar-refractivity contribution in [3.8, 4) is 5.75 Å². The van der Waals surface area contributed by atoms with Crippen molar-refractivity contribution in [1.82, 2.24) is 0 Å². The van der Waals surface area contributed by atoms with Crippen LogP contribution in [-0.2, 0) is 11.2 Å². The van der Waals surface area contributed by atoms with Gasteiger partial charge in [0.15, 0.2) is 0 Å². The van der Waals surface area contributed by atoms with Crippen LogP contribution >= 0.6 is 0 Å². The van der Waals surface area contributed by atoms with E-state index in [4.69, 9.17) is 15.9 Å². The third-order valence-electron chi connectivity index (χ3n) is 2.11. The predicted octanol–water partition coefficient (Wildman–Crippen LogP) is -0.0490. The summed E-state index contributed by atoms with van der Waals surface area (Å²) in [6.45, 7) is 0. The standard InChI is InChI=1S/C9H10N2O5/c10-9(8(13)14,11(15)16)5-6-1-3-7(12)4-2-6/h1-4,12H,5,10H2,(H,13,14)/t9-/m1/s1. The molecule has 0 saturated carbocycles. The molecule has 7 nitrogen and oxygen atoms in total. The number of phenolic OH excluding ortho intramolecular Hbond substituents is 1. The summed E-state index contributed by atoms with van der Waals surface area (Å²) in [5, 5.41) is 28.3. The van der Waals surface area contributed by atoms with E-state index in [1.807, 2.05) is 0 Å². The second kappa shape index (κ2) is 4.15. The van der Waals surface area contributed by atoms with Crippen LogP contribution in [0.4, 0.5) is 0 Å². The number of hydrogen-bond acceptors (Lipinski definition) is 5. The van der Waals surface area contributed by atoms with Crippen LogP contribution in [0.1, 0.15) is 5.56 Å². The molecule has 0 aliphatic heterocycles. The van der Waals surface area contributed by atoms with Gasteiger partial charge < -0.3 is 10.2 Å². The van der Waals surface area contributed by atoms with E-state index in [-0.39, 0.29) is 5.75 Å². The Kier molecular flexibility index (Phi) is 3.09. The minimum absolute atomic E-state index is 0.0113. The highest BCUT2D eigenvalue weighted by Crippen LogP contribution is 2.15. The van der Waals surface area contributed by atoms with Gasteiger partial charge in [0.1, 0.15) is 5.75 Å². The molecule has 0 aliphatic rings. The first kappa shape index (κ1) is 11.9. The number of nitro groups is 1. The molecule has 0 aliphatic carbocycles. The molecule has 86 valence electrons. The van der Waals surface area contributed by atoms with E-state index in [9.17, 15) is 14.9 Å². The van der Waals surface area contributed by atoms with Gasteiger partial charge in [-0.1, -0.05) is 12.1 Å². The highest BCUT2D eigenvalue weighted by atomic mass is 16.6. The Labute approximate surface area is 90.3 Å². The summed E-state index contributed by atoms with van der Waals surface area (Å²) < 4.78 is 0. The molecule has 1 aromatic rings. The smallest absolute Gasteiger partial charge is 0.399 e. The van der Waals surface area contributed by atoms with Crippen molar-refractivity contribution in [1.29, 1.82) is 0 Å². The normalized spacial score (nSPS) is 14.1. The third-order valence-corrected chi connectivity index (χ3v) is 2.11. The van der Waals surface area contributed by atoms with E-state index < -0.39 is 23.0 Å². The summed E-state index contributed by atoms with van der Waals surface area (Å²) in [5.41, 5.74) is 3.01. The van der Waals surface area contributed by atoms with Crippen LogP contribution in [0.3, 0.4) is 0 Å². The number of carboxylic acid groups (broad SMARTS) is 1. The van der Waals surface area contributed by atoms with E-state index in [0.717, 1.165) is 0 Å². The summed E-state index contributed by atoms with van der Waals surface area (Å²) in [5.74, 6) is -1.71. The molecule has 0 radical (unpaired) electrons. The Morgan fingerprint density at radius 3 is 2.31 bits per heavy atom. The van der Waals surface area contributed by atoms with E-state index in [1.54, 1.807) is 0 Å². The zero-order chi connectivity index (χ0) is 12.3. The van der Waals surface area contributed by atoms with Gasteiger partial charge in [-0.2, -0.15) is 0 Å². The van der Waals surface area contributed by atoms with Crippen LogP contribution in [0.15, 0.2) is 24.3 Å². The minimum Gasteiger partial charge on any atom is -0.508 e. The number of benzene rings is 1. The Balaban J connectivity index is 2.97. The Morgan fingerprint density at radius 1 is 1.44 bits per heavy atom. The fraction of sp³-hybridized carbons (Fsp3) is 0.222. The topological polar surface area (TPSA) is 127 Å². The first-order chi connectivity index (χ1) is 7.36. The van der Waals surface area contributed by atoms with Crippen LogP contribution in [0.5, 0.6) is 5.75 Å². The van der Waals surface area contributed by atoms with E-state index in [0.29, 0.717) is 5.56 Å². The van der Waals surface area contributed by atoms with E-state index >= 15 is 0 Å². The van der Waals surface area contributed by atoms with Crippen molar-refractivity contribution < 1.29 is 19.9 Å². The largest absolute Gasteiger partial charge is 0.508 e. The molecule has 1 aromatic carbocycles. The van der Waals surface area contributed by atoms with Crippen molar-refractivity contribution in [2.45, 2.75) is 12.1 Å². The summed E-state index contributed by atoms with van der Waals surface area (Å²) >= 11 is 0. The third kappa shape index (κ3) is 2.26. The average molecular weight is 226 g/mol. The fourth-order valence-corrected chi connectivity index (χ4v) is 1.14. The lowest BCUT2D eigenvalue weighted by molar-refractivity contribution is -0.553. The molecular weight excluding hydrogens is 216 g/mol. The number of hydrogen-bond donors (Lipinski definition) is 3. The van der Waals surface area contributed by atoms with Gasteiger partial charge in [0.05, 0.1) is 11.3 Å². The molecule has 7 heteroatoms. The van der Waals surface area contributed by atoms with Crippen molar-refractivity contribution in [2.24, 2.45) is 5.73 Å². The summed E-state index contributed by atoms with van der Waals surface area (Å²) in [7, 11) is 0. The van der Waals surface area contributed by atoms with E-state index in [1.165, 1.54) is 24.3 Å². The molecule has 1 atom stereocenters. The molecule has 0 aromatic heterocycles. The first-order valence-electron chi connectivity index (χ1n) is 4.31. The zero-order valence-electron chi connectivity index (χ0n) is 8.16. The lowest BCUT2D eigenvalue weighted by Crippen LogP contribution is -2.56. The molecule has 0 amide bonds. The molecule has 0 heterocycles. The average Bonchev–Trinajstić information content (AvgIpc) is 2.20. The second-order valence-electron chi connectivity index (χ2n) is 3.33. The number of nitrogens with two attached hydrogens (primary N) is 1. The number of aromatic hydroxyl groups is 1. The Bertz CT molecular complexity index is 400. The van der Waals surface area contributed by atoms with Gasteiger partial charge in [-0.15, -0.1) is 0 Å². The number of rotatable bonds is 4. The van der Waals surface area contributed by atoms with Gasteiger partial charge in [0, 0.05) is 0 Å². The molecule has 4 N–H and O–H groups in total. The highest BCUT2D eigenvalue weighted by molar-refractivity contribution is 5.76. The van der Waals surface area contributed by atoms with Crippen LogP contribution in [0, 0.1) is 10.1 Å². The summed E-state index contributed by atoms with van der Waals surface area (Å²) in [6.07, 6.45) is -0.449. The van der Waals surface area contributed by atoms with Crippen molar-refractivity contribution in [3.05, 3.63) is 39.9 Å². The Hall–Kier alpha value is -2.15. The number of aliphatic carboxylic acids is 1. The fourth-order valence-electron chi connectivity index (χ4n) is 1.14. The van der Waals surface area contributed by atoms with Gasteiger partial charge in [-0.25, -0.2) is 4.79 Å². The molecule has 0 unspecified atom stereocenters. The molecule has 0 fully saturated rings. The van der Waals surface area contributed by atoms with Gasteiger partial charge in [0.25, 0.3) is 0 Å². The maximum atomic E-state index is 10.7. The number of carboxylic acids is 1.